The topological polar surface area (TPSA) is 131 Å². The molecule has 4 amide bonds. The van der Waals surface area contributed by atoms with Crippen molar-refractivity contribution < 1.29 is 38.6 Å². The molecule has 2 aliphatic carbocycles. The molecule has 10 nitrogen and oxygen atoms in total. The van der Waals surface area contributed by atoms with E-state index in [4.69, 9.17) is 9.47 Å². The predicted molar refractivity (Wildman–Crippen MR) is 191 cm³/mol. The van der Waals surface area contributed by atoms with Gasteiger partial charge in [0, 0.05) is 17.0 Å². The average Bonchev–Trinajstić information content (AvgIpc) is 3.54. The third-order valence-corrected chi connectivity index (χ3v) is 11.5. The minimum absolute atomic E-state index is 0.134. The van der Waals surface area contributed by atoms with E-state index in [2.05, 4.69) is 0 Å². The molecule has 0 unspecified atom stereocenters. The fraction of sp³-hybridized carbons (Fsp3) is 0.262. The van der Waals surface area contributed by atoms with Crippen molar-refractivity contribution in [3.05, 3.63) is 125 Å². The number of para-hydroxylation sites is 1. The molecule has 2 saturated heterocycles. The lowest BCUT2D eigenvalue weighted by Crippen LogP contribution is -2.48. The molecule has 4 aromatic rings. The van der Waals surface area contributed by atoms with E-state index in [1.54, 1.807) is 91.9 Å². The molecule has 52 heavy (non-hydrogen) atoms. The number of aromatic hydroxyl groups is 1. The molecule has 10 heteroatoms. The second-order valence-electron chi connectivity index (χ2n) is 14.0. The van der Waals surface area contributed by atoms with Gasteiger partial charge in [-0.3, -0.25) is 28.9 Å². The molecule has 0 bridgehead atoms. The van der Waals surface area contributed by atoms with E-state index in [0.717, 1.165) is 5.57 Å². The highest BCUT2D eigenvalue weighted by molar-refractivity contribution is 6.25. The smallest absolute Gasteiger partial charge is 0.241 e. The first-order valence-electron chi connectivity index (χ1n) is 17.3. The summed E-state index contributed by atoms with van der Waals surface area (Å²) in [6, 6.07) is 27.4. The number of amides is 4. The number of phenols is 1. The van der Waals surface area contributed by atoms with E-state index in [0.29, 0.717) is 28.1 Å². The minimum atomic E-state index is -1.28. The third kappa shape index (κ3) is 4.73. The van der Waals surface area contributed by atoms with Gasteiger partial charge in [-0.15, -0.1) is 0 Å². The highest BCUT2D eigenvalue weighted by Crippen LogP contribution is 2.64. The van der Waals surface area contributed by atoms with Crippen molar-refractivity contribution in [3.8, 4) is 17.2 Å². The van der Waals surface area contributed by atoms with Crippen LogP contribution in [0.4, 0.5) is 11.4 Å². The SMILES string of the molecule is COc1cc([C@H]2C3=CC[C@@H]4C(=O)N(c5ccc(C(=O)c6ccccc6)cc5)C(=O)[C@@H]4[C@@H]3C[C@H]3C(=O)N(c4ccccc4)C(=O)[C@@]23C)cc(OC)c1O. The highest BCUT2D eigenvalue weighted by Gasteiger charge is 2.67. The molecule has 2 heterocycles. The van der Waals surface area contributed by atoms with E-state index in [9.17, 15) is 29.1 Å². The largest absolute Gasteiger partial charge is 0.502 e. The molecule has 4 aliphatic rings. The molecule has 4 aromatic carbocycles. The summed E-state index contributed by atoms with van der Waals surface area (Å²) in [6.45, 7) is 1.80. The number of allylic oxidation sites excluding steroid dienone is 2. The Labute approximate surface area is 300 Å². The van der Waals surface area contributed by atoms with Crippen LogP contribution in [-0.2, 0) is 19.2 Å². The Morgan fingerprint density at radius 1 is 0.731 bits per heavy atom. The normalized spacial score (nSPS) is 26.4. The van der Waals surface area contributed by atoms with Crippen LogP contribution in [0.3, 0.4) is 0 Å². The number of carbonyl (C=O) groups is 5. The van der Waals surface area contributed by atoms with Crippen molar-refractivity contribution in [1.82, 2.24) is 0 Å². The van der Waals surface area contributed by atoms with Gasteiger partial charge >= 0.3 is 0 Å². The number of ether oxygens (including phenoxy) is 2. The number of hydrogen-bond acceptors (Lipinski definition) is 8. The van der Waals surface area contributed by atoms with E-state index < -0.39 is 35.0 Å². The van der Waals surface area contributed by atoms with E-state index in [-0.39, 0.29) is 59.5 Å². The van der Waals surface area contributed by atoms with E-state index in [1.807, 2.05) is 18.2 Å². The zero-order valence-electron chi connectivity index (χ0n) is 28.8. The Balaban J connectivity index is 1.21. The maximum Gasteiger partial charge on any atom is 0.241 e. The first kappa shape index (κ1) is 33.1. The van der Waals surface area contributed by atoms with Crippen molar-refractivity contribution >= 4 is 40.8 Å². The van der Waals surface area contributed by atoms with Gasteiger partial charge in [-0.1, -0.05) is 60.2 Å². The molecule has 1 saturated carbocycles. The molecule has 8 rings (SSSR count). The van der Waals surface area contributed by atoms with Crippen LogP contribution in [0, 0.1) is 29.1 Å². The van der Waals surface area contributed by atoms with Crippen molar-refractivity contribution in [2.75, 3.05) is 24.0 Å². The van der Waals surface area contributed by atoms with Crippen LogP contribution in [0.5, 0.6) is 17.2 Å². The fourth-order valence-corrected chi connectivity index (χ4v) is 9.07. The summed E-state index contributed by atoms with van der Waals surface area (Å²) < 4.78 is 11.0. The second kappa shape index (κ2) is 12.3. The number of carbonyl (C=O) groups excluding carboxylic acids is 5. The number of anilines is 2. The summed E-state index contributed by atoms with van der Waals surface area (Å²) in [4.78, 5) is 73.2. The lowest BCUT2D eigenvalue weighted by Gasteiger charge is -2.49. The van der Waals surface area contributed by atoms with Gasteiger partial charge in [0.05, 0.1) is 48.8 Å². The number of fused-ring (bicyclic) bond motifs is 4. The molecule has 0 radical (unpaired) electrons. The molecule has 3 fully saturated rings. The van der Waals surface area contributed by atoms with Gasteiger partial charge in [0.1, 0.15) is 0 Å². The molecule has 262 valence electrons. The molecule has 1 N–H and O–H groups in total. The Bertz CT molecular complexity index is 2160. The Morgan fingerprint density at radius 3 is 1.92 bits per heavy atom. The van der Waals surface area contributed by atoms with Crippen LogP contribution >= 0.6 is 0 Å². The van der Waals surface area contributed by atoms with E-state index in [1.165, 1.54) is 24.0 Å². The van der Waals surface area contributed by atoms with Crippen LogP contribution in [-0.4, -0.2) is 48.7 Å². The van der Waals surface area contributed by atoms with Crippen molar-refractivity contribution in [2.24, 2.45) is 29.1 Å². The van der Waals surface area contributed by atoms with Gasteiger partial charge in [0.15, 0.2) is 17.3 Å². The number of methoxy groups -OCH3 is 2. The number of phenolic OH excluding ortho intramolecular Hbond substituents is 1. The van der Waals surface area contributed by atoms with Gasteiger partial charge in [0.25, 0.3) is 0 Å². The van der Waals surface area contributed by atoms with Crippen LogP contribution in [0.2, 0.25) is 0 Å². The van der Waals surface area contributed by atoms with Gasteiger partial charge in [-0.25, -0.2) is 4.90 Å². The van der Waals surface area contributed by atoms with Gasteiger partial charge in [0.2, 0.25) is 29.4 Å². The van der Waals surface area contributed by atoms with E-state index >= 15 is 0 Å². The minimum Gasteiger partial charge on any atom is -0.502 e. The Hall–Kier alpha value is -6.03. The first-order valence-corrected chi connectivity index (χ1v) is 17.3. The first-order chi connectivity index (χ1) is 25.1. The lowest BCUT2D eigenvalue weighted by atomic mass is 9.51. The van der Waals surface area contributed by atoms with Crippen molar-refractivity contribution in [2.45, 2.75) is 25.7 Å². The standard InChI is InChI=1S/C42H36N2O8/c1-42-31(39(48)44(41(42)50)26-12-8-5-9-13-26)22-30-28(35(42)25-20-32(51-2)37(46)33(21-25)52-3)18-19-29-34(30)40(49)43(38(29)47)27-16-14-24(15-17-27)36(45)23-10-6-4-7-11-23/h4-18,20-21,29-31,34-35,46H,19,22H2,1-3H3/t29-,30+,31-,34-,35-,42+/m0/s1. The maximum absolute atomic E-state index is 14.7. The van der Waals surface area contributed by atoms with Crippen molar-refractivity contribution in [3.63, 3.8) is 0 Å². The number of hydrogen-bond donors (Lipinski definition) is 1. The maximum atomic E-state index is 14.7. The summed E-state index contributed by atoms with van der Waals surface area (Å²) in [5, 5.41) is 10.8. The molecule has 0 aromatic heterocycles. The fourth-order valence-electron chi connectivity index (χ4n) is 9.07. The van der Waals surface area contributed by atoms with Crippen LogP contribution < -0.4 is 19.3 Å². The average molecular weight is 697 g/mol. The molecule has 2 aliphatic heterocycles. The summed E-state index contributed by atoms with van der Waals surface area (Å²) in [7, 11) is 2.83. The summed E-state index contributed by atoms with van der Waals surface area (Å²) >= 11 is 0. The number of rotatable bonds is 7. The molecular weight excluding hydrogens is 660 g/mol. The number of nitrogens with zero attached hydrogens (tertiary/aromatic N) is 2. The zero-order valence-corrected chi connectivity index (χ0v) is 28.8. The summed E-state index contributed by atoms with van der Waals surface area (Å²) in [6.07, 6.45) is 2.41. The van der Waals surface area contributed by atoms with Gasteiger partial charge in [-0.05, 0) is 79.8 Å². The second-order valence-corrected chi connectivity index (χ2v) is 14.0. The van der Waals surface area contributed by atoms with Gasteiger partial charge in [-0.2, -0.15) is 0 Å². The molecule has 0 spiro atoms. The third-order valence-electron chi connectivity index (χ3n) is 11.5. The Kier molecular flexibility index (Phi) is 7.86. The number of ketones is 1. The monoisotopic (exact) mass is 696 g/mol. The lowest BCUT2D eigenvalue weighted by molar-refractivity contribution is -0.131. The zero-order chi connectivity index (χ0) is 36.5. The number of benzene rings is 4. The highest BCUT2D eigenvalue weighted by atomic mass is 16.5. The van der Waals surface area contributed by atoms with Gasteiger partial charge < -0.3 is 14.6 Å². The Morgan fingerprint density at radius 2 is 1.31 bits per heavy atom. The molecule has 6 atom stereocenters. The quantitative estimate of drug-likeness (QED) is 0.140. The number of imide groups is 2. The van der Waals surface area contributed by atoms with Crippen LogP contribution in [0.15, 0.2) is 109 Å². The summed E-state index contributed by atoms with van der Waals surface area (Å²) in [5.74, 6) is -5.09. The van der Waals surface area contributed by atoms with Crippen LogP contribution in [0.1, 0.15) is 47.2 Å². The molecular formula is C42H36N2O8. The van der Waals surface area contributed by atoms with Crippen LogP contribution in [0.25, 0.3) is 0 Å². The summed E-state index contributed by atoms with van der Waals surface area (Å²) in [5.41, 5.74) is 1.87. The predicted octanol–water partition coefficient (Wildman–Crippen LogP) is 6.08. The van der Waals surface area contributed by atoms with Crippen molar-refractivity contribution in [1.29, 1.82) is 0 Å².